The molecule has 3 rings (SSSR count). The highest BCUT2D eigenvalue weighted by atomic mass is 16.6. The molecule has 0 aliphatic carbocycles. The van der Waals surface area contributed by atoms with E-state index in [-0.39, 0.29) is 0 Å². The number of aromatic nitrogens is 2. The second kappa shape index (κ2) is 2.82. The molecule has 4 nitrogen and oxygen atoms in total. The molecule has 0 bridgehead atoms. The van der Waals surface area contributed by atoms with Crippen LogP contribution in [0.2, 0.25) is 0 Å². The van der Waals surface area contributed by atoms with E-state index in [9.17, 15) is 0 Å². The van der Waals surface area contributed by atoms with Crippen LogP contribution in [0.4, 0.5) is 0 Å². The Morgan fingerprint density at radius 1 is 1.54 bits per heavy atom. The molecule has 1 fully saturated rings. The van der Waals surface area contributed by atoms with Gasteiger partial charge in [-0.2, -0.15) is 0 Å². The van der Waals surface area contributed by atoms with Crippen molar-refractivity contribution in [1.29, 1.82) is 0 Å². The van der Waals surface area contributed by atoms with E-state index in [4.69, 9.17) is 4.74 Å². The van der Waals surface area contributed by atoms with Crippen molar-refractivity contribution in [3.05, 3.63) is 18.2 Å². The molecule has 1 aromatic rings. The molecule has 0 saturated carbocycles. The van der Waals surface area contributed by atoms with Gasteiger partial charge in [0.25, 0.3) is 0 Å². The molecule has 0 radical (unpaired) electrons. The maximum absolute atomic E-state index is 5.21. The molecule has 1 atom stereocenters. The third kappa shape index (κ3) is 1.47. The molecule has 3 heterocycles. The fourth-order valence-electron chi connectivity index (χ4n) is 1.84. The van der Waals surface area contributed by atoms with E-state index >= 15 is 0 Å². The first-order chi connectivity index (χ1) is 6.42. The van der Waals surface area contributed by atoms with Crippen molar-refractivity contribution in [2.24, 2.45) is 0 Å². The minimum Gasteiger partial charge on any atom is -0.372 e. The Kier molecular flexibility index (Phi) is 1.63. The molecule has 1 unspecified atom stereocenters. The van der Waals surface area contributed by atoms with Crippen LogP contribution in [-0.4, -0.2) is 40.3 Å². The van der Waals surface area contributed by atoms with E-state index in [1.807, 2.05) is 6.20 Å². The van der Waals surface area contributed by atoms with Crippen LogP contribution in [0.3, 0.4) is 0 Å². The van der Waals surface area contributed by atoms with Gasteiger partial charge in [-0.25, -0.2) is 4.98 Å². The lowest BCUT2D eigenvalue weighted by Gasteiger charge is -2.26. The fourth-order valence-corrected chi connectivity index (χ4v) is 1.84. The number of fused-ring (bicyclic) bond motifs is 1. The summed E-state index contributed by atoms with van der Waals surface area (Å²) >= 11 is 0. The van der Waals surface area contributed by atoms with Crippen molar-refractivity contribution in [2.45, 2.75) is 19.2 Å². The zero-order valence-corrected chi connectivity index (χ0v) is 7.52. The maximum atomic E-state index is 5.21. The van der Waals surface area contributed by atoms with E-state index in [0.29, 0.717) is 6.10 Å². The van der Waals surface area contributed by atoms with Crippen LogP contribution in [0.15, 0.2) is 12.4 Å². The van der Waals surface area contributed by atoms with Gasteiger partial charge in [0.1, 0.15) is 5.82 Å². The minimum atomic E-state index is 0.501. The van der Waals surface area contributed by atoms with Crippen LogP contribution >= 0.6 is 0 Å². The van der Waals surface area contributed by atoms with E-state index in [2.05, 4.69) is 20.6 Å². The fraction of sp³-hybridized carbons (Fsp3) is 0.667. The zero-order chi connectivity index (χ0) is 8.67. The molecule has 2 aliphatic rings. The molecule has 70 valence electrons. The lowest BCUT2D eigenvalue weighted by molar-refractivity contribution is 0.197. The van der Waals surface area contributed by atoms with Crippen molar-refractivity contribution < 1.29 is 4.74 Å². The van der Waals surface area contributed by atoms with Gasteiger partial charge in [-0.1, -0.05) is 0 Å². The maximum Gasteiger partial charge on any atom is 0.122 e. The van der Waals surface area contributed by atoms with Crippen molar-refractivity contribution in [2.75, 3.05) is 19.7 Å². The molecule has 1 aromatic heterocycles. The standard InChI is InChI=1S/C9H13N3O/c1-2-12-4-3-11(5-8-7-13-8)6-9(12)10-1/h1-2,8H,3-7H2. The van der Waals surface area contributed by atoms with Gasteiger partial charge in [0.05, 0.1) is 19.3 Å². The lowest BCUT2D eigenvalue weighted by atomic mass is 10.3. The molecule has 1 saturated heterocycles. The summed E-state index contributed by atoms with van der Waals surface area (Å²) in [6, 6.07) is 0. The van der Waals surface area contributed by atoms with Crippen LogP contribution in [-0.2, 0) is 17.8 Å². The third-order valence-electron chi connectivity index (χ3n) is 2.69. The molecule has 0 N–H and O–H groups in total. The van der Waals surface area contributed by atoms with Crippen molar-refractivity contribution in [1.82, 2.24) is 14.5 Å². The third-order valence-corrected chi connectivity index (χ3v) is 2.69. The van der Waals surface area contributed by atoms with Gasteiger partial charge in [-0.15, -0.1) is 0 Å². The molecule has 0 spiro atoms. The Morgan fingerprint density at radius 3 is 3.31 bits per heavy atom. The number of hydrogen-bond donors (Lipinski definition) is 0. The summed E-state index contributed by atoms with van der Waals surface area (Å²) in [4.78, 5) is 6.73. The summed E-state index contributed by atoms with van der Waals surface area (Å²) in [5, 5.41) is 0. The predicted molar refractivity (Wildman–Crippen MR) is 47.2 cm³/mol. The molecule has 0 amide bonds. The average Bonchev–Trinajstić information content (AvgIpc) is 2.83. The van der Waals surface area contributed by atoms with E-state index in [1.54, 1.807) is 0 Å². The van der Waals surface area contributed by atoms with Crippen LogP contribution < -0.4 is 0 Å². The smallest absolute Gasteiger partial charge is 0.122 e. The Hall–Kier alpha value is -0.870. The Labute approximate surface area is 77.1 Å². The Bertz CT molecular complexity index is 306. The summed E-state index contributed by atoms with van der Waals surface area (Å²) in [5.74, 6) is 1.19. The molecular formula is C9H13N3O. The summed E-state index contributed by atoms with van der Waals surface area (Å²) < 4.78 is 7.44. The van der Waals surface area contributed by atoms with E-state index in [0.717, 1.165) is 32.8 Å². The highest BCUT2D eigenvalue weighted by Crippen LogP contribution is 2.15. The van der Waals surface area contributed by atoms with Crippen LogP contribution in [0.5, 0.6) is 0 Å². The highest BCUT2D eigenvalue weighted by molar-refractivity contribution is 4.96. The number of epoxide rings is 1. The van der Waals surface area contributed by atoms with Gasteiger partial charge < -0.3 is 9.30 Å². The predicted octanol–water partition coefficient (Wildman–Crippen LogP) is 0.0975. The quantitative estimate of drug-likeness (QED) is 0.604. The Balaban J connectivity index is 1.69. The largest absolute Gasteiger partial charge is 0.372 e. The summed E-state index contributed by atoms with van der Waals surface area (Å²) in [7, 11) is 0. The second-order valence-electron chi connectivity index (χ2n) is 3.73. The summed E-state index contributed by atoms with van der Waals surface area (Å²) in [6.07, 6.45) is 4.44. The number of ether oxygens (including phenoxy) is 1. The molecule has 2 aliphatic heterocycles. The SMILES string of the molecule is c1cn2c(n1)CN(CC1CO1)CC2. The topological polar surface area (TPSA) is 33.6 Å². The van der Waals surface area contributed by atoms with Crippen molar-refractivity contribution in [3.8, 4) is 0 Å². The van der Waals surface area contributed by atoms with Crippen molar-refractivity contribution in [3.63, 3.8) is 0 Å². The first-order valence-corrected chi connectivity index (χ1v) is 4.76. The number of hydrogen-bond acceptors (Lipinski definition) is 3. The first kappa shape index (κ1) is 7.53. The number of rotatable bonds is 2. The van der Waals surface area contributed by atoms with Gasteiger partial charge in [0.15, 0.2) is 0 Å². The van der Waals surface area contributed by atoms with Crippen molar-refractivity contribution >= 4 is 0 Å². The number of imidazole rings is 1. The summed E-state index contributed by atoms with van der Waals surface area (Å²) in [5.41, 5.74) is 0. The normalized spacial score (nSPS) is 27.2. The van der Waals surface area contributed by atoms with Crippen LogP contribution in [0.1, 0.15) is 5.82 Å². The van der Waals surface area contributed by atoms with E-state index < -0.39 is 0 Å². The molecule has 0 aromatic carbocycles. The Morgan fingerprint density at radius 2 is 2.46 bits per heavy atom. The second-order valence-corrected chi connectivity index (χ2v) is 3.73. The zero-order valence-electron chi connectivity index (χ0n) is 7.52. The summed E-state index contributed by atoms with van der Waals surface area (Å²) in [6.45, 7) is 5.20. The minimum absolute atomic E-state index is 0.501. The van der Waals surface area contributed by atoms with Gasteiger partial charge >= 0.3 is 0 Å². The van der Waals surface area contributed by atoms with Gasteiger partial charge in [-0.3, -0.25) is 4.90 Å². The molecule has 4 heteroatoms. The lowest BCUT2D eigenvalue weighted by Crippen LogP contribution is -2.36. The van der Waals surface area contributed by atoms with Gasteiger partial charge in [0, 0.05) is 32.0 Å². The van der Waals surface area contributed by atoms with E-state index in [1.165, 1.54) is 5.82 Å². The van der Waals surface area contributed by atoms with Gasteiger partial charge in [0.2, 0.25) is 0 Å². The average molecular weight is 179 g/mol. The van der Waals surface area contributed by atoms with Crippen LogP contribution in [0, 0.1) is 0 Å². The molecule has 13 heavy (non-hydrogen) atoms. The monoisotopic (exact) mass is 179 g/mol. The molecular weight excluding hydrogens is 166 g/mol. The number of nitrogens with zero attached hydrogens (tertiary/aromatic N) is 3. The first-order valence-electron chi connectivity index (χ1n) is 4.76. The van der Waals surface area contributed by atoms with Gasteiger partial charge in [-0.05, 0) is 0 Å². The highest BCUT2D eigenvalue weighted by Gasteiger charge is 2.27. The van der Waals surface area contributed by atoms with Crippen LogP contribution in [0.25, 0.3) is 0 Å².